The van der Waals surface area contributed by atoms with Gasteiger partial charge in [-0.15, -0.1) is 0 Å². The molecule has 4 nitrogen and oxygen atoms in total. The lowest BCUT2D eigenvalue weighted by Gasteiger charge is -2.24. The van der Waals surface area contributed by atoms with Crippen molar-refractivity contribution in [2.75, 3.05) is 33.3 Å². The Morgan fingerprint density at radius 3 is 1.95 bits per heavy atom. The van der Waals surface area contributed by atoms with E-state index in [-0.39, 0.29) is 0 Å². The number of para-hydroxylation sites is 1. The summed E-state index contributed by atoms with van der Waals surface area (Å²) in [4.78, 5) is 2.04. The SMILES string of the molecule is COc1ccc(N(C)c2ccccc2)c(OC)c1OC. The number of ether oxygens (including phenoxy) is 3. The number of benzene rings is 2. The molecule has 0 heterocycles. The van der Waals surface area contributed by atoms with Crippen molar-refractivity contribution < 1.29 is 14.2 Å². The zero-order chi connectivity index (χ0) is 14.5. The van der Waals surface area contributed by atoms with Gasteiger partial charge in [0.05, 0.1) is 27.0 Å². The molecular formula is C16H19NO3. The van der Waals surface area contributed by atoms with Crippen LogP contribution in [-0.2, 0) is 0 Å². The van der Waals surface area contributed by atoms with Crippen LogP contribution in [0.2, 0.25) is 0 Å². The summed E-state index contributed by atoms with van der Waals surface area (Å²) in [5.41, 5.74) is 1.98. The van der Waals surface area contributed by atoms with E-state index in [0.29, 0.717) is 17.2 Å². The predicted molar refractivity (Wildman–Crippen MR) is 80.6 cm³/mol. The summed E-state index contributed by atoms with van der Waals surface area (Å²) in [5.74, 6) is 1.89. The molecule has 0 fully saturated rings. The molecule has 106 valence electrons. The van der Waals surface area contributed by atoms with Crippen LogP contribution in [0, 0.1) is 0 Å². The molecule has 0 saturated carbocycles. The molecule has 0 aliphatic heterocycles. The van der Waals surface area contributed by atoms with Gasteiger partial charge < -0.3 is 19.1 Å². The minimum atomic E-state index is 0.593. The second-order valence-electron chi connectivity index (χ2n) is 4.25. The van der Waals surface area contributed by atoms with E-state index in [2.05, 4.69) is 0 Å². The van der Waals surface area contributed by atoms with Crippen LogP contribution in [0.25, 0.3) is 0 Å². The molecule has 0 aromatic heterocycles. The van der Waals surface area contributed by atoms with Gasteiger partial charge in [-0.3, -0.25) is 0 Å². The van der Waals surface area contributed by atoms with Gasteiger partial charge in [0.1, 0.15) is 0 Å². The zero-order valence-corrected chi connectivity index (χ0v) is 12.2. The smallest absolute Gasteiger partial charge is 0.205 e. The van der Waals surface area contributed by atoms with Crippen LogP contribution in [-0.4, -0.2) is 28.4 Å². The van der Waals surface area contributed by atoms with Gasteiger partial charge >= 0.3 is 0 Å². The van der Waals surface area contributed by atoms with E-state index in [9.17, 15) is 0 Å². The van der Waals surface area contributed by atoms with Crippen LogP contribution in [0.4, 0.5) is 11.4 Å². The van der Waals surface area contributed by atoms with E-state index in [0.717, 1.165) is 11.4 Å². The molecule has 0 saturated heterocycles. The number of methoxy groups -OCH3 is 3. The Hall–Kier alpha value is -2.36. The van der Waals surface area contributed by atoms with E-state index in [4.69, 9.17) is 14.2 Å². The Labute approximate surface area is 119 Å². The molecule has 0 N–H and O–H groups in total. The Morgan fingerprint density at radius 2 is 1.40 bits per heavy atom. The monoisotopic (exact) mass is 273 g/mol. The first-order chi connectivity index (χ1) is 9.72. The molecule has 2 rings (SSSR count). The molecule has 0 unspecified atom stereocenters. The summed E-state index contributed by atoms with van der Waals surface area (Å²) in [6, 6.07) is 13.9. The standard InChI is InChI=1S/C16H19NO3/c1-17(12-8-6-5-7-9-12)13-10-11-14(18-2)16(20-4)15(13)19-3/h5-11H,1-4H3. The zero-order valence-electron chi connectivity index (χ0n) is 12.2. The first-order valence-electron chi connectivity index (χ1n) is 6.30. The lowest BCUT2D eigenvalue weighted by Crippen LogP contribution is -2.11. The quantitative estimate of drug-likeness (QED) is 0.834. The first-order valence-corrected chi connectivity index (χ1v) is 6.30. The Balaban J connectivity index is 2.51. The highest BCUT2D eigenvalue weighted by molar-refractivity contribution is 5.74. The average Bonchev–Trinajstić information content (AvgIpc) is 2.53. The van der Waals surface area contributed by atoms with E-state index < -0.39 is 0 Å². The Kier molecular flexibility index (Phi) is 4.35. The Morgan fingerprint density at radius 1 is 0.750 bits per heavy atom. The third kappa shape index (κ3) is 2.50. The van der Waals surface area contributed by atoms with E-state index in [1.807, 2.05) is 54.4 Å². The van der Waals surface area contributed by atoms with E-state index in [1.54, 1.807) is 21.3 Å². The number of anilines is 2. The van der Waals surface area contributed by atoms with Gasteiger partial charge in [0.15, 0.2) is 11.5 Å². The highest BCUT2D eigenvalue weighted by Gasteiger charge is 2.18. The van der Waals surface area contributed by atoms with Gasteiger partial charge in [0.2, 0.25) is 5.75 Å². The molecule has 0 spiro atoms. The maximum Gasteiger partial charge on any atom is 0.205 e. The fourth-order valence-electron chi connectivity index (χ4n) is 2.14. The number of nitrogens with zero attached hydrogens (tertiary/aromatic N) is 1. The van der Waals surface area contributed by atoms with Gasteiger partial charge in [0, 0.05) is 12.7 Å². The van der Waals surface area contributed by atoms with Crippen molar-refractivity contribution in [3.8, 4) is 17.2 Å². The molecular weight excluding hydrogens is 254 g/mol. The van der Waals surface area contributed by atoms with Crippen molar-refractivity contribution in [1.82, 2.24) is 0 Å². The van der Waals surface area contributed by atoms with Crippen LogP contribution in [0.5, 0.6) is 17.2 Å². The first kappa shape index (κ1) is 14.1. The molecule has 0 aliphatic rings. The lowest BCUT2D eigenvalue weighted by atomic mass is 10.2. The molecule has 0 atom stereocenters. The van der Waals surface area contributed by atoms with Crippen LogP contribution < -0.4 is 19.1 Å². The summed E-state index contributed by atoms with van der Waals surface area (Å²) in [6.07, 6.45) is 0. The fourth-order valence-corrected chi connectivity index (χ4v) is 2.14. The van der Waals surface area contributed by atoms with Gasteiger partial charge in [0.25, 0.3) is 0 Å². The minimum Gasteiger partial charge on any atom is -0.493 e. The number of hydrogen-bond donors (Lipinski definition) is 0. The van der Waals surface area contributed by atoms with Crippen LogP contribution in [0.15, 0.2) is 42.5 Å². The van der Waals surface area contributed by atoms with E-state index >= 15 is 0 Å². The molecule has 0 radical (unpaired) electrons. The highest BCUT2D eigenvalue weighted by Crippen LogP contribution is 2.45. The topological polar surface area (TPSA) is 30.9 Å². The van der Waals surface area contributed by atoms with Crippen LogP contribution in [0.3, 0.4) is 0 Å². The molecule has 0 amide bonds. The van der Waals surface area contributed by atoms with Gasteiger partial charge in [-0.1, -0.05) is 18.2 Å². The maximum absolute atomic E-state index is 5.51. The van der Waals surface area contributed by atoms with Gasteiger partial charge in [-0.25, -0.2) is 0 Å². The van der Waals surface area contributed by atoms with Crippen molar-refractivity contribution >= 4 is 11.4 Å². The minimum absolute atomic E-state index is 0.593. The van der Waals surface area contributed by atoms with Crippen molar-refractivity contribution in [3.05, 3.63) is 42.5 Å². The van der Waals surface area contributed by atoms with Crippen molar-refractivity contribution in [1.29, 1.82) is 0 Å². The molecule has 0 bridgehead atoms. The summed E-state index contributed by atoms with van der Waals surface area (Å²) < 4.78 is 16.2. The number of hydrogen-bond acceptors (Lipinski definition) is 4. The van der Waals surface area contributed by atoms with Crippen LogP contribution in [0.1, 0.15) is 0 Å². The third-order valence-electron chi connectivity index (χ3n) is 3.19. The van der Waals surface area contributed by atoms with Gasteiger partial charge in [-0.2, -0.15) is 0 Å². The molecule has 2 aromatic rings. The maximum atomic E-state index is 5.51. The lowest BCUT2D eigenvalue weighted by molar-refractivity contribution is 0.325. The second kappa shape index (κ2) is 6.19. The second-order valence-corrected chi connectivity index (χ2v) is 4.25. The summed E-state index contributed by atoms with van der Waals surface area (Å²) in [6.45, 7) is 0. The normalized spacial score (nSPS) is 10.0. The summed E-state index contributed by atoms with van der Waals surface area (Å²) in [7, 11) is 6.82. The summed E-state index contributed by atoms with van der Waals surface area (Å²) >= 11 is 0. The van der Waals surface area contributed by atoms with Crippen molar-refractivity contribution in [3.63, 3.8) is 0 Å². The van der Waals surface area contributed by atoms with Crippen molar-refractivity contribution in [2.45, 2.75) is 0 Å². The molecule has 2 aromatic carbocycles. The predicted octanol–water partition coefficient (Wildman–Crippen LogP) is 3.48. The fraction of sp³-hybridized carbons (Fsp3) is 0.250. The highest BCUT2D eigenvalue weighted by atomic mass is 16.5. The molecule has 20 heavy (non-hydrogen) atoms. The number of rotatable bonds is 5. The van der Waals surface area contributed by atoms with E-state index in [1.165, 1.54) is 0 Å². The Bertz CT molecular complexity index is 569. The average molecular weight is 273 g/mol. The van der Waals surface area contributed by atoms with Gasteiger partial charge in [-0.05, 0) is 24.3 Å². The van der Waals surface area contributed by atoms with Crippen molar-refractivity contribution in [2.24, 2.45) is 0 Å². The largest absolute Gasteiger partial charge is 0.493 e. The molecule has 4 heteroatoms. The summed E-state index contributed by atoms with van der Waals surface area (Å²) in [5, 5.41) is 0. The van der Waals surface area contributed by atoms with Crippen LogP contribution >= 0.6 is 0 Å². The third-order valence-corrected chi connectivity index (χ3v) is 3.19. The molecule has 0 aliphatic carbocycles.